The van der Waals surface area contributed by atoms with Gasteiger partial charge in [0.25, 0.3) is 0 Å². The zero-order chi connectivity index (χ0) is 17.7. The van der Waals surface area contributed by atoms with E-state index in [1.54, 1.807) is 6.33 Å². The number of aromatic nitrogens is 2. The molecule has 2 saturated heterocycles. The number of hydrogen-bond acceptors (Lipinski definition) is 7. The van der Waals surface area contributed by atoms with E-state index in [0.29, 0.717) is 11.5 Å². The van der Waals surface area contributed by atoms with Gasteiger partial charge in [-0.05, 0) is 18.6 Å². The molecule has 1 unspecified atom stereocenters. The topological polar surface area (TPSA) is 79.5 Å². The third-order valence-electron chi connectivity index (χ3n) is 5.48. The fourth-order valence-corrected chi connectivity index (χ4v) is 5.86. The number of anilines is 1. The fourth-order valence-electron chi connectivity index (χ4n) is 4.10. The van der Waals surface area contributed by atoms with Crippen molar-refractivity contribution in [2.45, 2.75) is 12.5 Å². The SMILES string of the molecule is O=S1(=O)CCC(N2CCN(c3ncnc4c3oc3ccccc34)CC2)C1. The highest BCUT2D eigenvalue weighted by Crippen LogP contribution is 2.32. The maximum absolute atomic E-state index is 11.7. The third kappa shape index (κ3) is 2.64. The van der Waals surface area contributed by atoms with Gasteiger partial charge in [-0.25, -0.2) is 18.4 Å². The Labute approximate surface area is 151 Å². The number of furan rings is 1. The van der Waals surface area contributed by atoms with Crippen LogP contribution in [0.3, 0.4) is 0 Å². The highest BCUT2D eigenvalue weighted by atomic mass is 32.2. The first kappa shape index (κ1) is 16.0. The lowest BCUT2D eigenvalue weighted by Crippen LogP contribution is -2.51. The highest BCUT2D eigenvalue weighted by molar-refractivity contribution is 7.91. The van der Waals surface area contributed by atoms with Gasteiger partial charge in [-0.15, -0.1) is 0 Å². The van der Waals surface area contributed by atoms with E-state index in [4.69, 9.17) is 4.42 Å². The molecule has 7 nitrogen and oxygen atoms in total. The molecule has 0 aliphatic carbocycles. The van der Waals surface area contributed by atoms with E-state index in [1.807, 2.05) is 24.3 Å². The molecule has 0 bridgehead atoms. The Kier molecular flexibility index (Phi) is 3.65. The predicted octanol–water partition coefficient (Wildman–Crippen LogP) is 1.69. The molecule has 0 spiro atoms. The maximum Gasteiger partial charge on any atom is 0.196 e. The molecule has 0 amide bonds. The molecule has 1 atom stereocenters. The zero-order valence-corrected chi connectivity index (χ0v) is 15.2. The summed E-state index contributed by atoms with van der Waals surface area (Å²) in [6.07, 6.45) is 2.35. The summed E-state index contributed by atoms with van der Waals surface area (Å²) < 4.78 is 29.5. The summed E-state index contributed by atoms with van der Waals surface area (Å²) in [5.74, 6) is 1.45. The van der Waals surface area contributed by atoms with Crippen LogP contribution in [0.25, 0.3) is 22.1 Å². The van der Waals surface area contributed by atoms with Gasteiger partial charge in [0, 0.05) is 37.6 Å². The normalized spacial score (nSPS) is 23.8. The van der Waals surface area contributed by atoms with Crippen molar-refractivity contribution in [3.05, 3.63) is 30.6 Å². The lowest BCUT2D eigenvalue weighted by molar-refractivity contribution is 0.200. The monoisotopic (exact) mass is 372 g/mol. The molecule has 0 radical (unpaired) electrons. The third-order valence-corrected chi connectivity index (χ3v) is 7.23. The number of fused-ring (bicyclic) bond motifs is 3. The summed E-state index contributed by atoms with van der Waals surface area (Å²) in [6.45, 7) is 3.29. The summed E-state index contributed by atoms with van der Waals surface area (Å²) in [6, 6.07) is 8.05. The zero-order valence-electron chi connectivity index (χ0n) is 14.3. The number of benzene rings is 1. The molecule has 5 rings (SSSR count). The van der Waals surface area contributed by atoms with Gasteiger partial charge >= 0.3 is 0 Å². The van der Waals surface area contributed by atoms with Crippen LogP contribution < -0.4 is 4.90 Å². The van der Waals surface area contributed by atoms with Crippen LogP contribution in [0.2, 0.25) is 0 Å². The number of piperazine rings is 1. The Balaban J connectivity index is 1.40. The number of sulfone groups is 1. The van der Waals surface area contributed by atoms with Crippen molar-refractivity contribution >= 4 is 37.7 Å². The molecule has 0 saturated carbocycles. The number of nitrogens with zero attached hydrogens (tertiary/aromatic N) is 4. The van der Waals surface area contributed by atoms with E-state index < -0.39 is 9.84 Å². The number of hydrogen-bond donors (Lipinski definition) is 0. The second-order valence-corrected chi connectivity index (χ2v) is 9.28. The standard InChI is InChI=1S/C18H20N4O3S/c23-26(24)10-5-13(11-26)21-6-8-22(9-7-21)18-17-16(19-12-20-18)14-3-1-2-4-15(14)25-17/h1-4,12-13H,5-11H2. The molecule has 0 N–H and O–H groups in total. The summed E-state index contributed by atoms with van der Waals surface area (Å²) in [7, 11) is -2.85. The van der Waals surface area contributed by atoms with Crippen LogP contribution in [0.4, 0.5) is 5.82 Å². The number of rotatable bonds is 2. The second kappa shape index (κ2) is 5.92. The Morgan fingerprint density at radius 3 is 2.65 bits per heavy atom. The van der Waals surface area contributed by atoms with Crippen molar-refractivity contribution in [3.63, 3.8) is 0 Å². The molecule has 26 heavy (non-hydrogen) atoms. The lowest BCUT2D eigenvalue weighted by Gasteiger charge is -2.38. The minimum Gasteiger partial charge on any atom is -0.450 e. The summed E-state index contributed by atoms with van der Waals surface area (Å²) in [4.78, 5) is 13.4. The summed E-state index contributed by atoms with van der Waals surface area (Å²) in [5.41, 5.74) is 2.39. The van der Waals surface area contributed by atoms with Crippen molar-refractivity contribution in [3.8, 4) is 0 Å². The minimum atomic E-state index is -2.85. The summed E-state index contributed by atoms with van der Waals surface area (Å²) >= 11 is 0. The molecule has 2 aliphatic rings. The Bertz CT molecular complexity index is 1070. The van der Waals surface area contributed by atoms with Crippen LogP contribution in [-0.4, -0.2) is 67.0 Å². The quantitative estimate of drug-likeness (QED) is 0.677. The van der Waals surface area contributed by atoms with Crippen LogP contribution in [0, 0.1) is 0 Å². The van der Waals surface area contributed by atoms with Crippen molar-refractivity contribution in [1.82, 2.24) is 14.9 Å². The molecule has 2 aromatic heterocycles. The molecule has 4 heterocycles. The molecule has 3 aromatic rings. The van der Waals surface area contributed by atoms with Crippen LogP contribution in [-0.2, 0) is 9.84 Å². The van der Waals surface area contributed by atoms with Gasteiger partial charge in [0.05, 0.1) is 11.5 Å². The molecule has 136 valence electrons. The number of para-hydroxylation sites is 1. The molecule has 2 aliphatic heterocycles. The Hall–Kier alpha value is -2.19. The fraction of sp³-hybridized carbons (Fsp3) is 0.444. The predicted molar refractivity (Wildman–Crippen MR) is 100 cm³/mol. The highest BCUT2D eigenvalue weighted by Gasteiger charge is 2.34. The first-order valence-electron chi connectivity index (χ1n) is 8.92. The smallest absolute Gasteiger partial charge is 0.196 e. The van der Waals surface area contributed by atoms with Gasteiger partial charge in [0.15, 0.2) is 21.2 Å². The van der Waals surface area contributed by atoms with Gasteiger partial charge in [-0.1, -0.05) is 12.1 Å². The van der Waals surface area contributed by atoms with Crippen molar-refractivity contribution in [2.24, 2.45) is 0 Å². The lowest BCUT2D eigenvalue weighted by atomic mass is 10.2. The Morgan fingerprint density at radius 1 is 1.08 bits per heavy atom. The molecular formula is C18H20N4O3S. The van der Waals surface area contributed by atoms with E-state index in [-0.39, 0.29) is 6.04 Å². The molecule has 8 heteroatoms. The van der Waals surface area contributed by atoms with Crippen molar-refractivity contribution < 1.29 is 12.8 Å². The molecule has 2 fully saturated rings. The van der Waals surface area contributed by atoms with Crippen molar-refractivity contribution in [1.29, 1.82) is 0 Å². The maximum atomic E-state index is 11.7. The molecular weight excluding hydrogens is 352 g/mol. The first-order chi connectivity index (χ1) is 12.6. The van der Waals surface area contributed by atoms with E-state index in [2.05, 4.69) is 19.8 Å². The van der Waals surface area contributed by atoms with Gasteiger partial charge in [-0.3, -0.25) is 4.90 Å². The van der Waals surface area contributed by atoms with Crippen LogP contribution in [0.15, 0.2) is 35.0 Å². The van der Waals surface area contributed by atoms with Gasteiger partial charge < -0.3 is 9.32 Å². The average Bonchev–Trinajstić information content (AvgIpc) is 3.21. The van der Waals surface area contributed by atoms with Crippen LogP contribution >= 0.6 is 0 Å². The van der Waals surface area contributed by atoms with Gasteiger partial charge in [0.1, 0.15) is 17.4 Å². The average molecular weight is 372 g/mol. The summed E-state index contributed by atoms with van der Waals surface area (Å²) in [5, 5.41) is 1.00. The van der Waals surface area contributed by atoms with E-state index >= 15 is 0 Å². The molecule has 1 aromatic carbocycles. The van der Waals surface area contributed by atoms with Crippen LogP contribution in [0.1, 0.15) is 6.42 Å². The van der Waals surface area contributed by atoms with Crippen molar-refractivity contribution in [2.75, 3.05) is 42.6 Å². The largest absolute Gasteiger partial charge is 0.450 e. The minimum absolute atomic E-state index is 0.166. The second-order valence-electron chi connectivity index (χ2n) is 7.05. The van der Waals surface area contributed by atoms with Gasteiger partial charge in [0.2, 0.25) is 0 Å². The van der Waals surface area contributed by atoms with E-state index in [1.165, 1.54) is 0 Å². The van der Waals surface area contributed by atoms with Gasteiger partial charge in [-0.2, -0.15) is 0 Å². The Morgan fingerprint density at radius 2 is 1.88 bits per heavy atom. The first-order valence-corrected chi connectivity index (χ1v) is 10.7. The van der Waals surface area contributed by atoms with E-state index in [0.717, 1.165) is 60.5 Å². The van der Waals surface area contributed by atoms with E-state index in [9.17, 15) is 8.42 Å². The van der Waals surface area contributed by atoms with Crippen LogP contribution in [0.5, 0.6) is 0 Å².